The highest BCUT2D eigenvalue weighted by Gasteiger charge is 2.29. The van der Waals surface area contributed by atoms with Gasteiger partial charge in [-0.25, -0.2) is 21.5 Å². The SMILES string of the molecule is CN(SN(N)N)c1ccc(Cl)cc1-c1cc2n(c(=O)c1)[C@H](c1nc(Cl)c(-c3csc(C(=O)O)c3)[nH]1)CC2.S. The zero-order valence-corrected chi connectivity index (χ0v) is 24.0. The number of carboxylic acid groups (broad SMARTS) is 1. The van der Waals surface area contributed by atoms with Gasteiger partial charge in [0.05, 0.1) is 29.6 Å². The Kier molecular flexibility index (Phi) is 8.49. The largest absolute Gasteiger partial charge is 0.477 e. The van der Waals surface area contributed by atoms with Crippen LogP contribution in [0.25, 0.3) is 22.4 Å². The topological polar surface area (TPSA) is 146 Å². The Hall–Kier alpha value is -2.49. The number of thiophene rings is 1. The molecule has 10 nitrogen and oxygen atoms in total. The molecule has 6 N–H and O–H groups in total. The highest BCUT2D eigenvalue weighted by Crippen LogP contribution is 2.38. The number of aromatic carboxylic acids is 1. The lowest BCUT2D eigenvalue weighted by Crippen LogP contribution is -2.34. The molecule has 0 spiro atoms. The molecule has 0 amide bonds. The van der Waals surface area contributed by atoms with Crippen LogP contribution in [0.1, 0.15) is 33.7 Å². The normalized spacial score (nSPS) is 14.4. The molecule has 38 heavy (non-hydrogen) atoms. The number of H-pyrrole nitrogens is 1. The number of nitrogens with zero attached hydrogens (tertiary/aromatic N) is 4. The molecule has 0 saturated heterocycles. The number of aryl methyl sites for hydroxylation is 1. The van der Waals surface area contributed by atoms with Crippen LogP contribution in [0, 0.1) is 0 Å². The Bertz CT molecular complexity index is 1570. The fourth-order valence-electron chi connectivity index (χ4n) is 4.51. The standard InChI is InChI=1S/C23H21Cl2N7O3S2.H2S/c1-30(37-32(26)27)16-4-2-13(24)9-15(16)11-6-14-3-5-17(31(14)19(33)8-11)22-28-20(21(25)29-22)12-7-18(23(34)35)36-10-12;/h2,4,6-10,17H,3,5,26-27H2,1H3,(H,28,29)(H,34,35);1H2/t17-;/m0./s1. The molecule has 15 heteroatoms. The van der Waals surface area contributed by atoms with Gasteiger partial charge in [0.2, 0.25) is 0 Å². The first kappa shape index (κ1) is 28.5. The molecular weight excluding hydrogens is 589 g/mol. The highest BCUT2D eigenvalue weighted by molar-refractivity contribution is 7.98. The number of aromatic nitrogens is 3. The number of aromatic amines is 1. The zero-order chi connectivity index (χ0) is 26.4. The van der Waals surface area contributed by atoms with Crippen molar-refractivity contribution in [1.82, 2.24) is 19.1 Å². The van der Waals surface area contributed by atoms with Gasteiger partial charge in [0, 0.05) is 40.3 Å². The Labute approximate surface area is 242 Å². The van der Waals surface area contributed by atoms with E-state index in [-0.39, 0.29) is 35.1 Å². The molecule has 4 heterocycles. The Morgan fingerprint density at radius 3 is 2.68 bits per heavy atom. The summed E-state index contributed by atoms with van der Waals surface area (Å²) in [5.74, 6) is 10.7. The second-order valence-corrected chi connectivity index (χ2v) is 11.2. The molecule has 1 aliphatic heterocycles. The van der Waals surface area contributed by atoms with Gasteiger partial charge in [-0.05, 0) is 48.7 Å². The summed E-state index contributed by atoms with van der Waals surface area (Å²) in [4.78, 5) is 32.5. The summed E-state index contributed by atoms with van der Waals surface area (Å²) in [5.41, 5.74) is 4.10. The Balaban J connectivity index is 0.00000336. The summed E-state index contributed by atoms with van der Waals surface area (Å²) < 4.78 is 4.48. The summed E-state index contributed by atoms with van der Waals surface area (Å²) in [6.45, 7) is 0. The minimum Gasteiger partial charge on any atom is -0.477 e. The summed E-state index contributed by atoms with van der Waals surface area (Å²) >= 11 is 14.9. The first-order valence-corrected chi connectivity index (χ1v) is 13.3. The maximum atomic E-state index is 13.4. The molecule has 200 valence electrons. The number of hydrogen-bond donors (Lipinski definition) is 4. The summed E-state index contributed by atoms with van der Waals surface area (Å²) in [6.07, 6.45) is 1.31. The van der Waals surface area contributed by atoms with Crippen molar-refractivity contribution >= 4 is 71.8 Å². The Morgan fingerprint density at radius 2 is 2.00 bits per heavy atom. The first-order chi connectivity index (χ1) is 17.6. The third-order valence-electron chi connectivity index (χ3n) is 6.05. The van der Waals surface area contributed by atoms with Gasteiger partial charge in [0.1, 0.15) is 10.7 Å². The summed E-state index contributed by atoms with van der Waals surface area (Å²) in [7, 11) is 1.81. The molecule has 0 fully saturated rings. The average molecular weight is 613 g/mol. The number of anilines is 1. The molecule has 4 aromatic rings. The molecule has 0 bridgehead atoms. The lowest BCUT2D eigenvalue weighted by molar-refractivity contribution is 0.0702. The predicted octanol–water partition coefficient (Wildman–Crippen LogP) is 4.67. The first-order valence-electron chi connectivity index (χ1n) is 11.0. The zero-order valence-electron chi connectivity index (χ0n) is 19.8. The van der Waals surface area contributed by atoms with E-state index >= 15 is 0 Å². The lowest BCUT2D eigenvalue weighted by atomic mass is 10.0. The molecule has 5 rings (SSSR count). The van der Waals surface area contributed by atoms with Crippen LogP contribution in [-0.2, 0) is 6.42 Å². The van der Waals surface area contributed by atoms with Crippen molar-refractivity contribution in [3.8, 4) is 22.4 Å². The van der Waals surface area contributed by atoms with Crippen LogP contribution >= 0.6 is 60.2 Å². The number of hydrazine groups is 2. The number of benzene rings is 1. The van der Waals surface area contributed by atoms with E-state index in [1.54, 1.807) is 38.5 Å². The van der Waals surface area contributed by atoms with Gasteiger partial charge in [-0.2, -0.15) is 13.5 Å². The van der Waals surface area contributed by atoms with Gasteiger partial charge in [-0.3, -0.25) is 4.79 Å². The van der Waals surface area contributed by atoms with Crippen molar-refractivity contribution in [3.05, 3.63) is 78.7 Å². The minimum atomic E-state index is -1.00. The van der Waals surface area contributed by atoms with E-state index < -0.39 is 5.97 Å². The van der Waals surface area contributed by atoms with E-state index in [2.05, 4.69) is 9.97 Å². The van der Waals surface area contributed by atoms with Crippen LogP contribution in [0.3, 0.4) is 0 Å². The van der Waals surface area contributed by atoms with Crippen molar-refractivity contribution < 1.29 is 9.90 Å². The summed E-state index contributed by atoms with van der Waals surface area (Å²) in [5, 5.41) is 11.7. The lowest BCUT2D eigenvalue weighted by Gasteiger charge is -2.23. The number of nitrogens with two attached hydrogens (primary N) is 2. The van der Waals surface area contributed by atoms with Crippen LogP contribution in [0.2, 0.25) is 10.2 Å². The van der Waals surface area contributed by atoms with E-state index in [0.29, 0.717) is 34.9 Å². The maximum absolute atomic E-state index is 13.4. The Morgan fingerprint density at radius 1 is 1.24 bits per heavy atom. The van der Waals surface area contributed by atoms with E-state index in [1.807, 2.05) is 19.2 Å². The van der Waals surface area contributed by atoms with Crippen molar-refractivity contribution in [3.63, 3.8) is 0 Å². The molecule has 0 saturated carbocycles. The van der Waals surface area contributed by atoms with Crippen molar-refractivity contribution in [2.24, 2.45) is 11.7 Å². The van der Waals surface area contributed by atoms with Crippen LogP contribution in [-0.4, -0.2) is 37.2 Å². The predicted molar refractivity (Wildman–Crippen MR) is 158 cm³/mol. The van der Waals surface area contributed by atoms with Crippen molar-refractivity contribution in [2.45, 2.75) is 18.9 Å². The number of halogens is 2. The fraction of sp³-hybridized carbons (Fsp3) is 0.174. The fourth-order valence-corrected chi connectivity index (χ4v) is 6.19. The summed E-state index contributed by atoms with van der Waals surface area (Å²) in [6, 6.07) is 10.2. The van der Waals surface area contributed by atoms with Gasteiger partial charge >= 0.3 is 5.97 Å². The number of hydrogen-bond acceptors (Lipinski definition) is 9. The third-order valence-corrected chi connectivity index (χ3v) is 8.11. The molecule has 1 aromatic carbocycles. The smallest absolute Gasteiger partial charge is 0.345 e. The van der Waals surface area contributed by atoms with Crippen LogP contribution in [0.15, 0.2) is 46.6 Å². The van der Waals surface area contributed by atoms with Gasteiger partial charge in [0.25, 0.3) is 5.56 Å². The molecular formula is C23H23Cl2N7O3S3. The monoisotopic (exact) mass is 611 g/mol. The molecule has 1 atom stereocenters. The molecule has 1 aliphatic rings. The number of pyridine rings is 1. The van der Waals surface area contributed by atoms with Gasteiger partial charge < -0.3 is 19.0 Å². The van der Waals surface area contributed by atoms with E-state index in [4.69, 9.17) is 34.9 Å². The molecule has 0 aliphatic carbocycles. The molecule has 0 unspecified atom stereocenters. The average Bonchev–Trinajstić information content (AvgIpc) is 3.56. The van der Waals surface area contributed by atoms with Crippen LogP contribution < -0.4 is 21.5 Å². The van der Waals surface area contributed by atoms with Crippen molar-refractivity contribution in [1.29, 1.82) is 0 Å². The number of fused-ring (bicyclic) bond motifs is 1. The number of rotatable bonds is 7. The highest BCUT2D eigenvalue weighted by atomic mass is 35.5. The van der Waals surface area contributed by atoms with Gasteiger partial charge in [-0.1, -0.05) is 23.2 Å². The van der Waals surface area contributed by atoms with Gasteiger partial charge in [0.15, 0.2) is 5.15 Å². The van der Waals surface area contributed by atoms with Crippen LogP contribution in [0.4, 0.5) is 5.69 Å². The van der Waals surface area contributed by atoms with E-state index in [0.717, 1.165) is 50.5 Å². The van der Waals surface area contributed by atoms with Gasteiger partial charge in [-0.15, -0.1) is 15.9 Å². The second kappa shape index (κ2) is 11.3. The second-order valence-electron chi connectivity index (χ2n) is 8.39. The number of nitrogens with one attached hydrogen (secondary N) is 1. The number of carbonyl (C=O) groups is 1. The van der Waals surface area contributed by atoms with E-state index in [9.17, 15) is 14.7 Å². The third kappa shape index (κ3) is 5.46. The number of imidazole rings is 1. The molecule has 3 aromatic heterocycles. The van der Waals surface area contributed by atoms with Crippen LogP contribution in [0.5, 0.6) is 0 Å². The maximum Gasteiger partial charge on any atom is 0.345 e. The number of carboxylic acids is 1. The quantitative estimate of drug-likeness (QED) is 0.133. The minimum absolute atomic E-state index is 0. The molecule has 0 radical (unpaired) electrons. The van der Waals surface area contributed by atoms with Crippen molar-refractivity contribution in [2.75, 3.05) is 11.4 Å². The van der Waals surface area contributed by atoms with E-state index in [1.165, 1.54) is 0 Å².